The Bertz CT molecular complexity index is 1110. The van der Waals surface area contributed by atoms with E-state index in [9.17, 15) is 14.0 Å². The van der Waals surface area contributed by atoms with Gasteiger partial charge in [-0.1, -0.05) is 49.4 Å². The smallest absolute Gasteiger partial charge is 0.230 e. The highest BCUT2D eigenvalue weighted by Gasteiger charge is 2.28. The number of nitrogens with zero attached hydrogens (tertiary/aromatic N) is 2. The topological polar surface area (TPSA) is 75.4 Å². The van der Waals surface area contributed by atoms with Crippen LogP contribution < -0.4 is 5.32 Å². The number of hydrogen-bond acceptors (Lipinski definition) is 4. The fourth-order valence-corrected chi connectivity index (χ4v) is 4.43. The first-order chi connectivity index (χ1) is 16.5. The monoisotopic (exact) mass is 463 g/mol. The van der Waals surface area contributed by atoms with Gasteiger partial charge in [0.2, 0.25) is 11.8 Å². The lowest BCUT2D eigenvalue weighted by Crippen LogP contribution is -2.47. The lowest BCUT2D eigenvalue weighted by Gasteiger charge is -2.34. The Labute approximate surface area is 199 Å². The Morgan fingerprint density at radius 2 is 1.82 bits per heavy atom. The summed E-state index contributed by atoms with van der Waals surface area (Å²) in [5.74, 6) is 0.343. The van der Waals surface area contributed by atoms with Crippen LogP contribution in [0.25, 0.3) is 11.3 Å². The fourth-order valence-electron chi connectivity index (χ4n) is 4.43. The van der Waals surface area contributed by atoms with Crippen LogP contribution in [0.1, 0.15) is 50.0 Å². The molecule has 2 aromatic carbocycles. The van der Waals surface area contributed by atoms with E-state index in [-0.39, 0.29) is 36.0 Å². The zero-order chi connectivity index (χ0) is 23.9. The first-order valence-electron chi connectivity index (χ1n) is 11.9. The van der Waals surface area contributed by atoms with Gasteiger partial charge in [0.1, 0.15) is 5.82 Å². The molecule has 2 amide bonds. The van der Waals surface area contributed by atoms with E-state index in [1.807, 2.05) is 42.2 Å². The van der Waals surface area contributed by atoms with Crippen molar-refractivity contribution in [2.45, 2.75) is 51.0 Å². The van der Waals surface area contributed by atoms with Gasteiger partial charge in [-0.05, 0) is 37.0 Å². The van der Waals surface area contributed by atoms with Gasteiger partial charge in [-0.25, -0.2) is 9.37 Å². The number of aryl methyl sites for hydroxylation is 1. The highest BCUT2D eigenvalue weighted by Crippen LogP contribution is 2.25. The van der Waals surface area contributed by atoms with Gasteiger partial charge in [0, 0.05) is 32.0 Å². The second-order valence-corrected chi connectivity index (χ2v) is 8.64. The maximum atomic E-state index is 13.9. The predicted molar refractivity (Wildman–Crippen MR) is 127 cm³/mol. The molecule has 0 bridgehead atoms. The second kappa shape index (κ2) is 11.1. The van der Waals surface area contributed by atoms with E-state index in [2.05, 4.69) is 10.3 Å². The average molecular weight is 464 g/mol. The van der Waals surface area contributed by atoms with Gasteiger partial charge in [0.05, 0.1) is 17.7 Å². The van der Waals surface area contributed by atoms with Crippen LogP contribution in [-0.4, -0.2) is 40.8 Å². The Morgan fingerprint density at radius 1 is 1.12 bits per heavy atom. The molecular formula is C27H30FN3O3. The van der Waals surface area contributed by atoms with Gasteiger partial charge < -0.3 is 14.6 Å². The normalized spacial score (nSPS) is 15.2. The van der Waals surface area contributed by atoms with Gasteiger partial charge >= 0.3 is 0 Å². The van der Waals surface area contributed by atoms with Crippen LogP contribution in [0, 0.1) is 5.82 Å². The number of likely N-dealkylation sites (tertiary alicyclic amines) is 1. The maximum absolute atomic E-state index is 13.9. The van der Waals surface area contributed by atoms with E-state index in [0.29, 0.717) is 36.7 Å². The third kappa shape index (κ3) is 5.71. The molecule has 1 fully saturated rings. The van der Waals surface area contributed by atoms with Crippen molar-refractivity contribution in [1.82, 2.24) is 15.2 Å². The molecular weight excluding hydrogens is 433 g/mol. The molecule has 1 unspecified atom stereocenters. The summed E-state index contributed by atoms with van der Waals surface area (Å²) in [7, 11) is 0. The Morgan fingerprint density at radius 3 is 2.53 bits per heavy atom. The maximum Gasteiger partial charge on any atom is 0.230 e. The molecule has 1 aliphatic rings. The van der Waals surface area contributed by atoms with Crippen molar-refractivity contribution in [3.8, 4) is 11.3 Å². The summed E-state index contributed by atoms with van der Waals surface area (Å²) >= 11 is 0. The van der Waals surface area contributed by atoms with Crippen molar-refractivity contribution in [2.24, 2.45) is 0 Å². The van der Waals surface area contributed by atoms with Crippen molar-refractivity contribution in [1.29, 1.82) is 0 Å². The number of rotatable bonds is 8. The quantitative estimate of drug-likeness (QED) is 0.525. The van der Waals surface area contributed by atoms with Crippen LogP contribution in [-0.2, 0) is 16.0 Å². The molecule has 2 heterocycles. The Balaban J connectivity index is 1.23. The van der Waals surface area contributed by atoms with E-state index in [4.69, 9.17) is 4.42 Å². The van der Waals surface area contributed by atoms with E-state index in [1.54, 1.807) is 18.2 Å². The summed E-state index contributed by atoms with van der Waals surface area (Å²) < 4.78 is 19.5. The van der Waals surface area contributed by atoms with Gasteiger partial charge in [-0.15, -0.1) is 0 Å². The van der Waals surface area contributed by atoms with Crippen molar-refractivity contribution in [3.05, 3.63) is 78.1 Å². The molecule has 0 aliphatic carbocycles. The third-order valence-electron chi connectivity index (χ3n) is 6.34. The highest BCUT2D eigenvalue weighted by molar-refractivity contribution is 5.84. The number of carbonyl (C=O) groups excluding carboxylic acids is 2. The first kappa shape index (κ1) is 23.7. The van der Waals surface area contributed by atoms with Crippen molar-refractivity contribution in [2.75, 3.05) is 13.1 Å². The van der Waals surface area contributed by atoms with Crippen LogP contribution in [0.2, 0.25) is 0 Å². The molecule has 1 saturated heterocycles. The third-order valence-corrected chi connectivity index (χ3v) is 6.34. The number of amides is 2. The molecule has 1 aromatic heterocycles. The molecule has 3 aromatic rings. The molecule has 4 rings (SSSR count). The number of benzene rings is 2. The number of piperidine rings is 1. The summed E-state index contributed by atoms with van der Waals surface area (Å²) in [5.41, 5.74) is 1.40. The predicted octanol–water partition coefficient (Wildman–Crippen LogP) is 4.71. The van der Waals surface area contributed by atoms with E-state index in [0.717, 1.165) is 24.8 Å². The number of halogens is 1. The minimum absolute atomic E-state index is 0.0480. The lowest BCUT2D eigenvalue weighted by molar-refractivity contribution is -0.134. The van der Waals surface area contributed by atoms with Crippen molar-refractivity contribution >= 4 is 11.8 Å². The standard InChI is InChI=1S/C27H30FN3O3/c1-2-21(19-8-4-3-5-9-19)27(33)31-16-14-20(15-17-31)30-25(32)12-13-26-29-18-24(34-26)22-10-6-7-11-23(22)28/h3-11,18,20-21H,2,12-17H2,1H3,(H,30,32). The Kier molecular flexibility index (Phi) is 7.72. The van der Waals surface area contributed by atoms with Gasteiger partial charge in [0.25, 0.3) is 0 Å². The average Bonchev–Trinajstić information content (AvgIpc) is 3.33. The zero-order valence-corrected chi connectivity index (χ0v) is 19.4. The summed E-state index contributed by atoms with van der Waals surface area (Å²) in [6, 6.07) is 16.3. The number of oxazole rings is 1. The molecule has 7 heteroatoms. The van der Waals surface area contributed by atoms with Crippen LogP contribution >= 0.6 is 0 Å². The number of nitrogens with one attached hydrogen (secondary N) is 1. The van der Waals surface area contributed by atoms with Gasteiger partial charge in [-0.2, -0.15) is 0 Å². The number of carbonyl (C=O) groups is 2. The summed E-state index contributed by atoms with van der Waals surface area (Å²) in [6.45, 7) is 3.31. The highest BCUT2D eigenvalue weighted by atomic mass is 19.1. The van der Waals surface area contributed by atoms with Gasteiger partial charge in [-0.3, -0.25) is 9.59 Å². The van der Waals surface area contributed by atoms with E-state index < -0.39 is 0 Å². The molecule has 6 nitrogen and oxygen atoms in total. The lowest BCUT2D eigenvalue weighted by atomic mass is 9.93. The molecule has 1 N–H and O–H groups in total. The van der Waals surface area contributed by atoms with Crippen LogP contribution in [0.15, 0.2) is 65.2 Å². The van der Waals surface area contributed by atoms with Crippen LogP contribution in [0.3, 0.4) is 0 Å². The SMILES string of the molecule is CCC(C(=O)N1CCC(NC(=O)CCc2ncc(-c3ccccc3F)o2)CC1)c1ccccc1. The summed E-state index contributed by atoms with van der Waals surface area (Å²) in [5, 5.41) is 3.06. The molecule has 1 atom stereocenters. The summed E-state index contributed by atoms with van der Waals surface area (Å²) in [6.07, 6.45) is 4.30. The van der Waals surface area contributed by atoms with Crippen LogP contribution in [0.4, 0.5) is 4.39 Å². The van der Waals surface area contributed by atoms with Crippen molar-refractivity contribution < 1.29 is 18.4 Å². The minimum Gasteiger partial charge on any atom is -0.441 e. The van der Waals surface area contributed by atoms with E-state index >= 15 is 0 Å². The van der Waals surface area contributed by atoms with Crippen molar-refractivity contribution in [3.63, 3.8) is 0 Å². The molecule has 34 heavy (non-hydrogen) atoms. The van der Waals surface area contributed by atoms with Crippen LogP contribution in [0.5, 0.6) is 0 Å². The summed E-state index contributed by atoms with van der Waals surface area (Å²) in [4.78, 5) is 31.6. The number of hydrogen-bond donors (Lipinski definition) is 1. The molecule has 178 valence electrons. The molecule has 0 spiro atoms. The molecule has 0 radical (unpaired) electrons. The number of aromatic nitrogens is 1. The van der Waals surface area contributed by atoms with Gasteiger partial charge in [0.15, 0.2) is 11.7 Å². The zero-order valence-electron chi connectivity index (χ0n) is 19.4. The first-order valence-corrected chi connectivity index (χ1v) is 11.9. The fraction of sp³-hybridized carbons (Fsp3) is 0.370. The largest absolute Gasteiger partial charge is 0.441 e. The Hall–Kier alpha value is -3.48. The molecule has 0 saturated carbocycles. The molecule has 1 aliphatic heterocycles. The minimum atomic E-state index is -0.373. The van der Waals surface area contributed by atoms with E-state index in [1.165, 1.54) is 12.3 Å². The second-order valence-electron chi connectivity index (χ2n) is 8.64.